The van der Waals surface area contributed by atoms with Crippen molar-refractivity contribution in [1.29, 1.82) is 0 Å². The maximum absolute atomic E-state index is 12.5. The van der Waals surface area contributed by atoms with Gasteiger partial charge in [-0.05, 0) is 50.1 Å². The number of ether oxygens (including phenoxy) is 1. The molecule has 170 valence electrons. The highest BCUT2D eigenvalue weighted by molar-refractivity contribution is 5.95. The fourth-order valence-electron chi connectivity index (χ4n) is 3.75. The quantitative estimate of drug-likeness (QED) is 0.562. The van der Waals surface area contributed by atoms with E-state index in [9.17, 15) is 14.4 Å². The Morgan fingerprint density at radius 3 is 2.61 bits per heavy atom. The Bertz CT molecular complexity index is 1180. The van der Waals surface area contributed by atoms with Crippen molar-refractivity contribution in [2.24, 2.45) is 0 Å². The second-order valence-corrected chi connectivity index (χ2v) is 8.16. The van der Waals surface area contributed by atoms with Crippen LogP contribution in [-0.4, -0.2) is 45.6 Å². The second-order valence-electron chi connectivity index (χ2n) is 8.16. The Morgan fingerprint density at radius 1 is 1.09 bits per heavy atom. The molecule has 0 unspecified atom stereocenters. The molecule has 0 atom stereocenters. The van der Waals surface area contributed by atoms with E-state index >= 15 is 0 Å². The van der Waals surface area contributed by atoms with Crippen molar-refractivity contribution < 1.29 is 19.1 Å². The lowest BCUT2D eigenvalue weighted by atomic mass is 10.1. The van der Waals surface area contributed by atoms with E-state index in [1.165, 1.54) is 0 Å². The van der Waals surface area contributed by atoms with E-state index in [4.69, 9.17) is 4.74 Å². The number of amides is 2. The monoisotopic (exact) mass is 446 g/mol. The first-order valence-electron chi connectivity index (χ1n) is 10.9. The minimum atomic E-state index is -0.594. The van der Waals surface area contributed by atoms with Gasteiger partial charge >= 0.3 is 5.97 Å². The number of carbonyl (C=O) groups is 3. The van der Waals surface area contributed by atoms with E-state index in [-0.39, 0.29) is 5.91 Å². The minimum Gasteiger partial charge on any atom is -0.452 e. The second kappa shape index (κ2) is 9.68. The van der Waals surface area contributed by atoms with E-state index in [1.807, 2.05) is 44.2 Å². The van der Waals surface area contributed by atoms with Crippen LogP contribution in [0.25, 0.3) is 5.69 Å². The maximum atomic E-state index is 12.5. The topological polar surface area (TPSA) is 93.5 Å². The van der Waals surface area contributed by atoms with Gasteiger partial charge in [-0.2, -0.15) is 5.10 Å². The number of carbonyl (C=O) groups excluding carboxylic acids is 3. The lowest BCUT2D eigenvalue weighted by Crippen LogP contribution is -2.24. The van der Waals surface area contributed by atoms with Crippen molar-refractivity contribution in [3.63, 3.8) is 0 Å². The smallest absolute Gasteiger partial charge is 0.338 e. The van der Waals surface area contributed by atoms with Crippen LogP contribution in [-0.2, 0) is 20.9 Å². The van der Waals surface area contributed by atoms with Crippen LogP contribution in [0.1, 0.15) is 40.0 Å². The molecule has 0 bridgehead atoms. The average molecular weight is 447 g/mol. The number of aromatic nitrogens is 2. The maximum Gasteiger partial charge on any atom is 0.338 e. The molecule has 0 spiro atoms. The van der Waals surface area contributed by atoms with Crippen LogP contribution in [0.5, 0.6) is 0 Å². The number of esters is 1. The number of hydrogen-bond acceptors (Lipinski definition) is 5. The molecule has 0 saturated carbocycles. The largest absolute Gasteiger partial charge is 0.452 e. The van der Waals surface area contributed by atoms with Crippen LogP contribution in [0.2, 0.25) is 0 Å². The Kier molecular flexibility index (Phi) is 6.53. The zero-order valence-corrected chi connectivity index (χ0v) is 18.7. The first-order chi connectivity index (χ1) is 15.9. The van der Waals surface area contributed by atoms with Crippen molar-refractivity contribution in [1.82, 2.24) is 14.7 Å². The molecule has 4 rings (SSSR count). The van der Waals surface area contributed by atoms with E-state index in [1.54, 1.807) is 33.8 Å². The zero-order valence-electron chi connectivity index (χ0n) is 18.7. The molecule has 8 nitrogen and oxygen atoms in total. The third kappa shape index (κ3) is 5.46. The number of anilines is 1. The van der Waals surface area contributed by atoms with E-state index in [2.05, 4.69) is 10.4 Å². The fourth-order valence-corrected chi connectivity index (χ4v) is 3.75. The Labute approximate surface area is 192 Å². The Morgan fingerprint density at radius 2 is 1.88 bits per heavy atom. The van der Waals surface area contributed by atoms with Crippen molar-refractivity contribution in [3.05, 3.63) is 77.0 Å². The standard InChI is InChI=1S/C25H26N4O4/c1-17-8-10-21(11-9-17)29-22(13-18(2)27-29)26-23(30)16-33-25(32)20-6-3-5-19(14-20)15-28-12-4-7-24(28)31/h3,5-6,8-11,13-14H,4,7,12,15-16H2,1-2H3,(H,26,30). The molecule has 2 amide bonds. The highest BCUT2D eigenvalue weighted by atomic mass is 16.5. The molecule has 3 aromatic rings. The number of likely N-dealkylation sites (tertiary alicyclic amines) is 1. The van der Waals surface area contributed by atoms with E-state index < -0.39 is 18.5 Å². The zero-order chi connectivity index (χ0) is 23.4. The molecule has 1 aromatic heterocycles. The molecule has 1 fully saturated rings. The molecular formula is C25H26N4O4. The summed E-state index contributed by atoms with van der Waals surface area (Å²) in [4.78, 5) is 38.5. The summed E-state index contributed by atoms with van der Waals surface area (Å²) in [5.74, 6) is -0.437. The Balaban J connectivity index is 1.36. The van der Waals surface area contributed by atoms with Gasteiger partial charge in [-0.15, -0.1) is 0 Å². The molecule has 1 aliphatic rings. The van der Waals surface area contributed by atoms with Gasteiger partial charge in [0.05, 0.1) is 16.9 Å². The highest BCUT2D eigenvalue weighted by Gasteiger charge is 2.20. The molecular weight excluding hydrogens is 420 g/mol. The van der Waals surface area contributed by atoms with Crippen LogP contribution in [0.3, 0.4) is 0 Å². The van der Waals surface area contributed by atoms with Gasteiger partial charge in [0.1, 0.15) is 5.82 Å². The van der Waals surface area contributed by atoms with Gasteiger partial charge in [-0.1, -0.05) is 29.8 Å². The summed E-state index contributed by atoms with van der Waals surface area (Å²) in [7, 11) is 0. The summed E-state index contributed by atoms with van der Waals surface area (Å²) in [6.45, 7) is 4.60. The molecule has 0 aliphatic carbocycles. The van der Waals surface area contributed by atoms with Crippen LogP contribution in [0, 0.1) is 13.8 Å². The number of hydrogen-bond donors (Lipinski definition) is 1. The van der Waals surface area contributed by atoms with Gasteiger partial charge in [0.15, 0.2) is 6.61 Å². The third-order valence-electron chi connectivity index (χ3n) is 5.42. The molecule has 2 aromatic carbocycles. The van der Waals surface area contributed by atoms with Crippen molar-refractivity contribution in [2.45, 2.75) is 33.2 Å². The lowest BCUT2D eigenvalue weighted by Gasteiger charge is -2.15. The SMILES string of the molecule is Cc1ccc(-n2nc(C)cc2NC(=O)COC(=O)c2cccc(CN3CCCC3=O)c2)cc1. The summed E-state index contributed by atoms with van der Waals surface area (Å²) >= 11 is 0. The molecule has 1 N–H and O–H groups in total. The van der Waals surface area contributed by atoms with Gasteiger partial charge < -0.3 is 15.0 Å². The molecule has 33 heavy (non-hydrogen) atoms. The van der Waals surface area contributed by atoms with Gasteiger partial charge in [-0.25, -0.2) is 9.48 Å². The van der Waals surface area contributed by atoms with Crippen LogP contribution >= 0.6 is 0 Å². The highest BCUT2D eigenvalue weighted by Crippen LogP contribution is 2.18. The molecule has 1 saturated heterocycles. The average Bonchev–Trinajstić information content (AvgIpc) is 3.37. The number of nitrogens with zero attached hydrogens (tertiary/aromatic N) is 3. The van der Waals surface area contributed by atoms with Crippen molar-refractivity contribution in [2.75, 3.05) is 18.5 Å². The summed E-state index contributed by atoms with van der Waals surface area (Å²) < 4.78 is 6.85. The third-order valence-corrected chi connectivity index (χ3v) is 5.42. The normalized spacial score (nSPS) is 13.3. The molecule has 1 aliphatic heterocycles. The minimum absolute atomic E-state index is 0.125. The molecule has 0 radical (unpaired) electrons. The molecule has 8 heteroatoms. The van der Waals surface area contributed by atoms with Crippen LogP contribution < -0.4 is 5.32 Å². The van der Waals surface area contributed by atoms with Crippen molar-refractivity contribution >= 4 is 23.6 Å². The lowest BCUT2D eigenvalue weighted by molar-refractivity contribution is -0.128. The predicted octanol–water partition coefficient (Wildman–Crippen LogP) is 3.41. The predicted molar refractivity (Wildman–Crippen MR) is 123 cm³/mol. The Hall–Kier alpha value is -3.94. The van der Waals surface area contributed by atoms with Gasteiger partial charge in [0, 0.05) is 25.6 Å². The van der Waals surface area contributed by atoms with Crippen LogP contribution in [0.4, 0.5) is 5.82 Å². The number of aryl methyl sites for hydroxylation is 2. The molecule has 2 heterocycles. The summed E-state index contributed by atoms with van der Waals surface area (Å²) in [5.41, 5.74) is 3.87. The number of benzene rings is 2. The number of nitrogens with one attached hydrogen (secondary N) is 1. The van der Waals surface area contributed by atoms with Crippen molar-refractivity contribution in [3.8, 4) is 5.69 Å². The summed E-state index contributed by atoms with van der Waals surface area (Å²) in [6.07, 6.45) is 1.43. The van der Waals surface area contributed by atoms with Crippen LogP contribution in [0.15, 0.2) is 54.6 Å². The first-order valence-corrected chi connectivity index (χ1v) is 10.9. The summed E-state index contributed by atoms with van der Waals surface area (Å²) in [6, 6.07) is 16.5. The first kappa shape index (κ1) is 22.3. The van der Waals surface area contributed by atoms with Gasteiger partial charge in [0.25, 0.3) is 5.91 Å². The fraction of sp³-hybridized carbons (Fsp3) is 0.280. The van der Waals surface area contributed by atoms with E-state index in [0.717, 1.165) is 35.5 Å². The van der Waals surface area contributed by atoms with E-state index in [0.29, 0.717) is 24.3 Å². The number of rotatable bonds is 7. The summed E-state index contributed by atoms with van der Waals surface area (Å²) in [5, 5.41) is 7.19. The van der Waals surface area contributed by atoms with Gasteiger partial charge in [0.2, 0.25) is 5.91 Å². The van der Waals surface area contributed by atoms with Gasteiger partial charge in [-0.3, -0.25) is 9.59 Å².